The van der Waals surface area contributed by atoms with Crippen molar-refractivity contribution < 1.29 is 36.9 Å². The number of carbonyl (C=O) groups excluding carboxylic acids is 1. The predicted molar refractivity (Wildman–Crippen MR) is 143 cm³/mol. The van der Waals surface area contributed by atoms with Crippen molar-refractivity contribution in [2.24, 2.45) is 0 Å². The second kappa shape index (κ2) is 10.9. The van der Waals surface area contributed by atoms with Gasteiger partial charge in [-0.15, -0.1) is 0 Å². The summed E-state index contributed by atoms with van der Waals surface area (Å²) in [6, 6.07) is 5.34. The Morgan fingerprint density at radius 2 is 1.69 bits per heavy atom. The van der Waals surface area contributed by atoms with Crippen molar-refractivity contribution in [3.63, 3.8) is 0 Å². The van der Waals surface area contributed by atoms with E-state index in [0.717, 1.165) is 11.1 Å². The molecule has 0 bridgehead atoms. The Hall–Kier alpha value is -3.48. The smallest absolute Gasteiger partial charge is 0.247 e. The third-order valence-corrected chi connectivity index (χ3v) is 9.30. The van der Waals surface area contributed by atoms with Crippen molar-refractivity contribution in [1.82, 2.24) is 14.1 Å². The molecule has 12 heteroatoms. The minimum absolute atomic E-state index is 0.0689. The number of methoxy groups -OCH3 is 3. The molecule has 3 heterocycles. The summed E-state index contributed by atoms with van der Waals surface area (Å²) >= 11 is 0. The number of piperazine rings is 1. The fourth-order valence-electron chi connectivity index (χ4n) is 5.24. The fourth-order valence-corrected chi connectivity index (χ4v) is 7.06. The van der Waals surface area contributed by atoms with Gasteiger partial charge in [0.05, 0.1) is 21.3 Å². The molecule has 1 fully saturated rings. The maximum Gasteiger partial charge on any atom is 0.247 e. The number of fused-ring (bicyclic) bond motifs is 2. The lowest BCUT2D eigenvalue weighted by atomic mass is 9.97. The van der Waals surface area contributed by atoms with Crippen molar-refractivity contribution in [3.8, 4) is 28.7 Å². The third-order valence-electron chi connectivity index (χ3n) is 7.31. The van der Waals surface area contributed by atoms with Crippen molar-refractivity contribution >= 4 is 22.0 Å². The van der Waals surface area contributed by atoms with Crippen molar-refractivity contribution in [3.05, 3.63) is 41.0 Å². The van der Waals surface area contributed by atoms with Gasteiger partial charge in [0, 0.05) is 62.5 Å². The minimum Gasteiger partial charge on any atom is -0.497 e. The summed E-state index contributed by atoms with van der Waals surface area (Å²) < 4.78 is 57.0. The van der Waals surface area contributed by atoms with Gasteiger partial charge < -0.3 is 33.5 Å². The maximum absolute atomic E-state index is 14.0. The van der Waals surface area contributed by atoms with Crippen LogP contribution in [0.5, 0.6) is 28.7 Å². The highest BCUT2D eigenvalue weighted by atomic mass is 32.2. The number of nitrogens with zero attached hydrogens (tertiary/aromatic N) is 3. The highest BCUT2D eigenvalue weighted by Gasteiger charge is 2.41. The molecule has 0 aromatic heterocycles. The zero-order valence-corrected chi connectivity index (χ0v) is 23.4. The number of ether oxygens (including phenoxy) is 5. The fraction of sp³-hybridized carbons (Fsp3) is 0.444. The predicted octanol–water partition coefficient (Wildman–Crippen LogP) is 1.98. The topological polar surface area (TPSA) is 107 Å². The molecule has 0 aliphatic carbocycles. The molecule has 1 saturated heterocycles. The average Bonchev–Trinajstić information content (AvgIpc) is 3.43. The first-order chi connectivity index (χ1) is 18.8. The van der Waals surface area contributed by atoms with E-state index < -0.39 is 10.0 Å². The van der Waals surface area contributed by atoms with E-state index in [2.05, 4.69) is 4.90 Å². The zero-order chi connectivity index (χ0) is 27.7. The molecule has 0 atom stereocenters. The third kappa shape index (κ3) is 4.99. The van der Waals surface area contributed by atoms with E-state index >= 15 is 0 Å². The van der Waals surface area contributed by atoms with E-state index in [9.17, 15) is 13.2 Å². The van der Waals surface area contributed by atoms with E-state index in [1.165, 1.54) is 10.4 Å². The SMILES string of the molecule is COc1ccc(C=CC(=O)N2CCN(S(=O)(=O)c3c4c(c(OC)c5c3OCO5)CN(C)CC4)CC2)c(OC)c1. The number of hydrogen-bond donors (Lipinski definition) is 0. The molecule has 39 heavy (non-hydrogen) atoms. The van der Waals surface area contributed by atoms with E-state index in [1.54, 1.807) is 44.4 Å². The molecule has 0 spiro atoms. The summed E-state index contributed by atoms with van der Waals surface area (Å²) in [6.45, 7) is 2.07. The monoisotopic (exact) mass is 559 g/mol. The summed E-state index contributed by atoms with van der Waals surface area (Å²) in [7, 11) is 2.74. The molecule has 3 aliphatic heterocycles. The lowest BCUT2D eigenvalue weighted by Gasteiger charge is -2.35. The van der Waals surface area contributed by atoms with Gasteiger partial charge in [0.25, 0.3) is 0 Å². The molecule has 1 amide bonds. The molecule has 210 valence electrons. The summed E-state index contributed by atoms with van der Waals surface area (Å²) in [5.41, 5.74) is 2.25. The van der Waals surface area contributed by atoms with Gasteiger partial charge in [-0.2, -0.15) is 4.31 Å². The molecule has 5 rings (SSSR count). The lowest BCUT2D eigenvalue weighted by Crippen LogP contribution is -2.50. The number of rotatable bonds is 7. The minimum atomic E-state index is -3.92. The van der Waals surface area contributed by atoms with Crippen LogP contribution < -0.4 is 23.7 Å². The van der Waals surface area contributed by atoms with Crippen LogP contribution in [0.2, 0.25) is 0 Å². The summed E-state index contributed by atoms with van der Waals surface area (Å²) in [5, 5.41) is 0. The van der Waals surface area contributed by atoms with Crippen molar-refractivity contribution in [2.45, 2.75) is 17.9 Å². The molecule has 2 aromatic rings. The molecule has 11 nitrogen and oxygen atoms in total. The molecule has 0 saturated carbocycles. The first kappa shape index (κ1) is 27.1. The number of amides is 1. The van der Waals surface area contributed by atoms with Gasteiger partial charge in [-0.1, -0.05) is 0 Å². The van der Waals surface area contributed by atoms with Gasteiger partial charge >= 0.3 is 0 Å². The Labute approximate surface area is 228 Å². The van der Waals surface area contributed by atoms with E-state index in [4.69, 9.17) is 23.7 Å². The number of sulfonamides is 1. The Kier molecular flexibility index (Phi) is 7.61. The van der Waals surface area contributed by atoms with E-state index in [1.807, 2.05) is 13.1 Å². The van der Waals surface area contributed by atoms with Gasteiger partial charge in [-0.05, 0) is 37.2 Å². The highest BCUT2D eigenvalue weighted by molar-refractivity contribution is 7.89. The van der Waals surface area contributed by atoms with Crippen LogP contribution in [-0.2, 0) is 27.8 Å². The van der Waals surface area contributed by atoms with Gasteiger partial charge in [0.15, 0.2) is 11.5 Å². The van der Waals surface area contributed by atoms with Crippen LogP contribution in [0.3, 0.4) is 0 Å². The second-order valence-electron chi connectivity index (χ2n) is 9.54. The van der Waals surface area contributed by atoms with Gasteiger partial charge in [0.1, 0.15) is 16.4 Å². The van der Waals surface area contributed by atoms with Crippen LogP contribution in [0.4, 0.5) is 0 Å². The molecular weight excluding hydrogens is 526 g/mol. The van der Waals surface area contributed by atoms with Crippen LogP contribution in [0.1, 0.15) is 16.7 Å². The average molecular weight is 560 g/mol. The van der Waals surface area contributed by atoms with Crippen LogP contribution in [0.25, 0.3) is 6.08 Å². The van der Waals surface area contributed by atoms with Crippen molar-refractivity contribution in [2.75, 3.05) is 67.9 Å². The number of carbonyl (C=O) groups is 1. The molecule has 3 aliphatic rings. The highest BCUT2D eigenvalue weighted by Crippen LogP contribution is 2.51. The van der Waals surface area contributed by atoms with Crippen molar-refractivity contribution in [1.29, 1.82) is 0 Å². The molecular formula is C27H33N3O8S. The number of likely N-dealkylation sites (N-methyl/N-ethyl adjacent to an activating group) is 1. The Morgan fingerprint density at radius 3 is 2.38 bits per heavy atom. The van der Waals surface area contributed by atoms with Gasteiger partial charge in [0.2, 0.25) is 28.5 Å². The second-order valence-corrected chi connectivity index (χ2v) is 11.4. The Morgan fingerprint density at radius 1 is 0.949 bits per heavy atom. The Balaban J connectivity index is 1.35. The normalized spacial score (nSPS) is 17.8. The number of benzene rings is 2. The Bertz CT molecular complexity index is 1400. The van der Waals surface area contributed by atoms with E-state index in [-0.39, 0.29) is 49.5 Å². The van der Waals surface area contributed by atoms with Crippen LogP contribution >= 0.6 is 0 Å². The molecule has 2 aromatic carbocycles. The van der Waals surface area contributed by atoms with Crippen LogP contribution in [0, 0.1) is 0 Å². The first-order valence-corrected chi connectivity index (χ1v) is 14.1. The lowest BCUT2D eigenvalue weighted by molar-refractivity contribution is -0.127. The van der Waals surface area contributed by atoms with Gasteiger partial charge in [-0.3, -0.25) is 4.79 Å². The maximum atomic E-state index is 14.0. The summed E-state index contributed by atoms with van der Waals surface area (Å²) in [6.07, 6.45) is 3.71. The number of hydrogen-bond acceptors (Lipinski definition) is 9. The van der Waals surface area contributed by atoms with E-state index in [0.29, 0.717) is 48.1 Å². The summed E-state index contributed by atoms with van der Waals surface area (Å²) in [4.78, 5) is 16.8. The molecule has 0 N–H and O–H groups in total. The van der Waals surface area contributed by atoms with Crippen LogP contribution in [0.15, 0.2) is 29.2 Å². The first-order valence-electron chi connectivity index (χ1n) is 12.7. The zero-order valence-electron chi connectivity index (χ0n) is 22.6. The largest absolute Gasteiger partial charge is 0.497 e. The van der Waals surface area contributed by atoms with Crippen LogP contribution in [-0.4, -0.2) is 96.3 Å². The standard InChI is InChI=1S/C27H33N3O8S/c1-28-10-9-20-21(16-28)24(36-4)25-26(38-17-37-25)27(20)39(32,33)30-13-11-29(12-14-30)23(31)8-6-18-5-7-19(34-2)15-22(18)35-3/h5-8,15H,9-14,16-17H2,1-4H3. The molecule has 0 unspecified atom stereocenters. The molecule has 0 radical (unpaired) electrons. The van der Waals surface area contributed by atoms with Gasteiger partial charge in [-0.25, -0.2) is 8.42 Å². The quantitative estimate of drug-likeness (QED) is 0.471. The summed E-state index contributed by atoms with van der Waals surface area (Å²) in [5.74, 6) is 2.11.